The molecule has 0 aromatic rings. The van der Waals surface area contributed by atoms with E-state index in [1.54, 1.807) is 13.0 Å². The van der Waals surface area contributed by atoms with Gasteiger partial charge in [0.1, 0.15) is 0 Å². The third-order valence-electron chi connectivity index (χ3n) is 1.55. The summed E-state index contributed by atoms with van der Waals surface area (Å²) in [6.45, 7) is 2.53. The summed E-state index contributed by atoms with van der Waals surface area (Å²) in [5, 5.41) is 8.15. The van der Waals surface area contributed by atoms with E-state index >= 15 is 0 Å². The molecule has 58 valence electrons. The second-order valence-corrected chi connectivity index (χ2v) is 2.42. The summed E-state index contributed by atoms with van der Waals surface area (Å²) in [6.07, 6.45) is 0.303. The van der Waals surface area contributed by atoms with Gasteiger partial charge in [-0.15, -0.1) is 0 Å². The summed E-state index contributed by atoms with van der Waals surface area (Å²) in [6, 6.07) is 1.75. The molecule has 1 unspecified atom stereocenters. The van der Waals surface area contributed by atoms with Crippen LogP contribution >= 0.6 is 0 Å². The van der Waals surface area contributed by atoms with E-state index in [1.165, 1.54) is 0 Å². The van der Waals surface area contributed by atoms with Crippen molar-refractivity contribution in [2.45, 2.75) is 32.6 Å². The van der Waals surface area contributed by atoms with Crippen LogP contribution in [0.15, 0.2) is 0 Å². The van der Waals surface area contributed by atoms with Gasteiger partial charge in [-0.3, -0.25) is 0 Å². The highest BCUT2D eigenvalue weighted by Crippen LogP contribution is 2.28. The molecule has 0 amide bonds. The number of halogens is 2. The highest BCUT2D eigenvalue weighted by molar-refractivity contribution is 4.81. The molecule has 0 rings (SSSR count). The Labute approximate surface area is 59.7 Å². The fourth-order valence-corrected chi connectivity index (χ4v) is 0.792. The molecule has 1 atom stereocenters. The summed E-state index contributed by atoms with van der Waals surface area (Å²) < 4.78 is 24.8. The maximum Gasteiger partial charge on any atom is 0.249 e. The first kappa shape index (κ1) is 9.35. The molecule has 0 radical (unpaired) electrons. The van der Waals surface area contributed by atoms with Gasteiger partial charge < -0.3 is 0 Å². The maximum absolute atomic E-state index is 12.4. The Morgan fingerprint density at radius 1 is 1.60 bits per heavy atom. The van der Waals surface area contributed by atoms with Crippen LogP contribution in [0.4, 0.5) is 8.78 Å². The Morgan fingerprint density at radius 3 is 2.20 bits per heavy atom. The van der Waals surface area contributed by atoms with Crippen molar-refractivity contribution in [1.29, 1.82) is 5.26 Å². The lowest BCUT2D eigenvalue weighted by Gasteiger charge is -2.18. The summed E-state index contributed by atoms with van der Waals surface area (Å²) in [4.78, 5) is 0. The number of nitriles is 1. The monoisotopic (exact) mass is 147 g/mol. The summed E-state index contributed by atoms with van der Waals surface area (Å²) in [5.74, 6) is -3.48. The molecular weight excluding hydrogens is 136 g/mol. The largest absolute Gasteiger partial charge is 0.249 e. The molecule has 0 spiro atoms. The van der Waals surface area contributed by atoms with Gasteiger partial charge in [0, 0.05) is 12.3 Å². The molecule has 0 aromatic carbocycles. The second kappa shape index (κ2) is 3.50. The topological polar surface area (TPSA) is 23.8 Å². The van der Waals surface area contributed by atoms with Crippen LogP contribution in [0.5, 0.6) is 0 Å². The van der Waals surface area contributed by atoms with E-state index in [4.69, 9.17) is 5.26 Å². The van der Waals surface area contributed by atoms with Crippen LogP contribution in [-0.4, -0.2) is 5.92 Å². The van der Waals surface area contributed by atoms with Gasteiger partial charge in [-0.1, -0.05) is 6.92 Å². The van der Waals surface area contributed by atoms with E-state index in [1.807, 2.05) is 0 Å². The van der Waals surface area contributed by atoms with Gasteiger partial charge in [0.15, 0.2) is 0 Å². The average molecular weight is 147 g/mol. The van der Waals surface area contributed by atoms with Crippen LogP contribution in [-0.2, 0) is 0 Å². The minimum atomic E-state index is -2.70. The number of nitrogens with zero attached hydrogens (tertiary/aromatic N) is 1. The number of hydrogen-bond acceptors (Lipinski definition) is 1. The number of hydrogen-bond donors (Lipinski definition) is 0. The smallest absolute Gasteiger partial charge is 0.207 e. The molecule has 0 bridgehead atoms. The van der Waals surface area contributed by atoms with Crippen molar-refractivity contribution < 1.29 is 8.78 Å². The Balaban J connectivity index is 3.97. The van der Waals surface area contributed by atoms with Crippen LogP contribution in [0, 0.1) is 17.2 Å². The standard InChI is InChI=1S/C7H11F2N/c1-3-6(4-5-10)7(2,8)9/h6H,3-4H2,1-2H3. The fraction of sp³-hybridized carbons (Fsp3) is 0.857. The summed E-state index contributed by atoms with van der Waals surface area (Å²) in [5.41, 5.74) is 0. The molecule has 0 aliphatic rings. The summed E-state index contributed by atoms with van der Waals surface area (Å²) >= 11 is 0. The normalized spacial score (nSPS) is 14.3. The van der Waals surface area contributed by atoms with Crippen LogP contribution in [0.25, 0.3) is 0 Å². The van der Waals surface area contributed by atoms with E-state index in [2.05, 4.69) is 0 Å². The highest BCUT2D eigenvalue weighted by Gasteiger charge is 2.31. The third-order valence-corrected chi connectivity index (χ3v) is 1.55. The van der Waals surface area contributed by atoms with Crippen molar-refractivity contribution in [2.24, 2.45) is 5.92 Å². The van der Waals surface area contributed by atoms with Crippen molar-refractivity contribution in [3.8, 4) is 6.07 Å². The molecule has 1 nitrogen and oxygen atoms in total. The van der Waals surface area contributed by atoms with Crippen LogP contribution in [0.1, 0.15) is 26.7 Å². The quantitative estimate of drug-likeness (QED) is 0.601. The first-order valence-electron chi connectivity index (χ1n) is 3.27. The Morgan fingerprint density at radius 2 is 2.10 bits per heavy atom. The van der Waals surface area contributed by atoms with Crippen LogP contribution < -0.4 is 0 Å². The lowest BCUT2D eigenvalue weighted by molar-refractivity contribution is -0.0391. The van der Waals surface area contributed by atoms with Crippen molar-refractivity contribution in [3.05, 3.63) is 0 Å². The molecule has 0 fully saturated rings. The van der Waals surface area contributed by atoms with E-state index in [0.29, 0.717) is 6.42 Å². The lowest BCUT2D eigenvalue weighted by atomic mass is 9.97. The van der Waals surface area contributed by atoms with Gasteiger partial charge in [-0.2, -0.15) is 5.26 Å². The summed E-state index contributed by atoms with van der Waals surface area (Å²) in [7, 11) is 0. The molecule has 0 aromatic heterocycles. The van der Waals surface area contributed by atoms with Gasteiger partial charge in [-0.05, 0) is 13.3 Å². The third kappa shape index (κ3) is 2.77. The SMILES string of the molecule is CCC(CC#N)C(C)(F)F. The maximum atomic E-state index is 12.4. The zero-order chi connectivity index (χ0) is 8.20. The van der Waals surface area contributed by atoms with Crippen LogP contribution in [0.3, 0.4) is 0 Å². The average Bonchev–Trinajstić information content (AvgIpc) is 1.80. The van der Waals surface area contributed by atoms with Gasteiger partial charge in [0.2, 0.25) is 5.92 Å². The van der Waals surface area contributed by atoms with Crippen molar-refractivity contribution >= 4 is 0 Å². The predicted octanol–water partition coefficient (Wildman–Crippen LogP) is 2.58. The molecule has 0 saturated carbocycles. The predicted molar refractivity (Wildman–Crippen MR) is 34.6 cm³/mol. The first-order chi connectivity index (χ1) is 4.52. The van der Waals surface area contributed by atoms with Gasteiger partial charge >= 0.3 is 0 Å². The van der Waals surface area contributed by atoms with Crippen molar-refractivity contribution in [2.75, 3.05) is 0 Å². The Hall–Kier alpha value is -0.650. The fourth-order valence-electron chi connectivity index (χ4n) is 0.792. The molecule has 0 N–H and O–H groups in total. The van der Waals surface area contributed by atoms with E-state index in [9.17, 15) is 8.78 Å². The molecule has 0 saturated heterocycles. The highest BCUT2D eigenvalue weighted by atomic mass is 19.3. The second-order valence-electron chi connectivity index (χ2n) is 2.42. The van der Waals surface area contributed by atoms with E-state index in [-0.39, 0.29) is 6.42 Å². The Bertz CT molecular complexity index is 132. The molecule has 10 heavy (non-hydrogen) atoms. The van der Waals surface area contributed by atoms with Crippen molar-refractivity contribution in [1.82, 2.24) is 0 Å². The number of alkyl halides is 2. The minimum absolute atomic E-state index is 0.0556. The lowest BCUT2D eigenvalue weighted by Crippen LogP contribution is -2.23. The van der Waals surface area contributed by atoms with Gasteiger partial charge in [0.25, 0.3) is 0 Å². The molecule has 0 heterocycles. The minimum Gasteiger partial charge on any atom is -0.207 e. The Kier molecular flexibility index (Phi) is 3.27. The van der Waals surface area contributed by atoms with Crippen molar-refractivity contribution in [3.63, 3.8) is 0 Å². The zero-order valence-corrected chi connectivity index (χ0v) is 6.19. The van der Waals surface area contributed by atoms with Gasteiger partial charge in [-0.25, -0.2) is 8.78 Å². The van der Waals surface area contributed by atoms with Gasteiger partial charge in [0.05, 0.1) is 6.07 Å². The molecule has 0 aliphatic heterocycles. The molecular formula is C7H11F2N. The van der Waals surface area contributed by atoms with E-state index < -0.39 is 11.8 Å². The van der Waals surface area contributed by atoms with Crippen LogP contribution in [0.2, 0.25) is 0 Å². The number of rotatable bonds is 3. The first-order valence-corrected chi connectivity index (χ1v) is 3.27. The molecule has 0 aliphatic carbocycles. The molecule has 3 heteroatoms. The van der Waals surface area contributed by atoms with E-state index in [0.717, 1.165) is 6.92 Å². The zero-order valence-electron chi connectivity index (χ0n) is 6.19.